The van der Waals surface area contributed by atoms with E-state index in [1.54, 1.807) is 6.07 Å². The van der Waals surface area contributed by atoms with Crippen LogP contribution in [0.5, 0.6) is 0 Å². The number of aromatic nitrogens is 1. The molecule has 112 valence electrons. The van der Waals surface area contributed by atoms with Crippen molar-refractivity contribution in [2.45, 2.75) is 43.6 Å². The third-order valence-corrected chi connectivity index (χ3v) is 4.75. The molecule has 4 heteroatoms. The van der Waals surface area contributed by atoms with Gasteiger partial charge in [-0.05, 0) is 24.3 Å². The minimum absolute atomic E-state index is 0.168. The first-order valence-electron chi connectivity index (χ1n) is 7.55. The molecule has 0 aliphatic heterocycles. The van der Waals surface area contributed by atoms with E-state index in [2.05, 4.69) is 5.16 Å². The molecule has 0 amide bonds. The Hall–Kier alpha value is -1.32. The van der Waals surface area contributed by atoms with Crippen molar-refractivity contribution in [3.8, 4) is 0 Å². The predicted molar refractivity (Wildman–Crippen MR) is 82.1 cm³/mol. The maximum absolute atomic E-state index is 11.5. The summed E-state index contributed by atoms with van der Waals surface area (Å²) in [7, 11) is 0. The van der Waals surface area contributed by atoms with Crippen molar-refractivity contribution >= 4 is 11.6 Å². The van der Waals surface area contributed by atoms with E-state index in [1.807, 2.05) is 30.3 Å². The highest BCUT2D eigenvalue weighted by molar-refractivity contribution is 6.16. The molecule has 1 aromatic heterocycles. The van der Waals surface area contributed by atoms with Gasteiger partial charge in [-0.3, -0.25) is 0 Å². The highest BCUT2D eigenvalue weighted by Crippen LogP contribution is 2.43. The number of benzene rings is 1. The maximum Gasteiger partial charge on any atom is 0.151 e. The van der Waals surface area contributed by atoms with E-state index in [1.165, 1.54) is 6.42 Å². The molecule has 1 atom stereocenters. The Kier molecular flexibility index (Phi) is 4.32. The summed E-state index contributed by atoms with van der Waals surface area (Å²) in [5.41, 5.74) is 0.373. The Morgan fingerprint density at radius 3 is 2.52 bits per heavy atom. The van der Waals surface area contributed by atoms with Gasteiger partial charge < -0.3 is 9.63 Å². The average Bonchev–Trinajstić information content (AvgIpc) is 3.05. The number of hydrogen-bond donors (Lipinski definition) is 1. The Bertz CT molecular complexity index is 577. The van der Waals surface area contributed by atoms with Crippen LogP contribution in [0.2, 0.25) is 0 Å². The smallest absolute Gasteiger partial charge is 0.151 e. The van der Waals surface area contributed by atoms with Crippen molar-refractivity contribution in [3.05, 3.63) is 53.4 Å². The van der Waals surface area contributed by atoms with Gasteiger partial charge in [0.15, 0.2) is 5.76 Å². The van der Waals surface area contributed by atoms with Crippen LogP contribution in [0.3, 0.4) is 0 Å². The third-order valence-electron chi connectivity index (χ3n) is 4.49. The lowest BCUT2D eigenvalue weighted by atomic mass is 9.71. The molecular formula is C17H20ClNO2. The van der Waals surface area contributed by atoms with Gasteiger partial charge in [0.2, 0.25) is 0 Å². The zero-order valence-electron chi connectivity index (χ0n) is 12.0. The number of nitrogens with zero attached hydrogens (tertiary/aromatic N) is 1. The first kappa shape index (κ1) is 14.6. The summed E-state index contributed by atoms with van der Waals surface area (Å²) in [5, 5.41) is 15.6. The van der Waals surface area contributed by atoms with Crippen LogP contribution < -0.4 is 0 Å². The molecule has 3 nitrogen and oxygen atoms in total. The molecule has 1 aliphatic rings. The molecule has 0 unspecified atom stereocenters. The van der Waals surface area contributed by atoms with Gasteiger partial charge in [0.25, 0.3) is 0 Å². The molecule has 21 heavy (non-hydrogen) atoms. The molecule has 1 saturated carbocycles. The summed E-state index contributed by atoms with van der Waals surface area (Å²) in [4.78, 5) is 0. The van der Waals surface area contributed by atoms with Gasteiger partial charge in [-0.15, -0.1) is 11.6 Å². The largest absolute Gasteiger partial charge is 0.378 e. The summed E-state index contributed by atoms with van der Waals surface area (Å²) in [6.07, 6.45) is 5.57. The van der Waals surface area contributed by atoms with E-state index >= 15 is 0 Å². The Morgan fingerprint density at radius 1 is 1.19 bits per heavy atom. The fourth-order valence-corrected chi connectivity index (χ4v) is 3.49. The maximum atomic E-state index is 11.5. The van der Waals surface area contributed by atoms with E-state index in [0.717, 1.165) is 31.2 Å². The van der Waals surface area contributed by atoms with Crippen molar-refractivity contribution in [1.82, 2.24) is 5.16 Å². The standard InChI is InChI=1S/C17H20ClNO2/c18-12-15-11-16(19-21-15)17(20,13-7-3-1-4-8-13)14-9-5-2-6-10-14/h1,3-4,7-8,11,14,20H,2,5-6,9-10,12H2/t17-/m0/s1. The van der Waals surface area contributed by atoms with E-state index in [-0.39, 0.29) is 11.8 Å². The summed E-state index contributed by atoms with van der Waals surface area (Å²) in [6, 6.07) is 11.6. The van der Waals surface area contributed by atoms with Gasteiger partial charge in [0, 0.05) is 6.07 Å². The summed E-state index contributed by atoms with van der Waals surface area (Å²) in [6.45, 7) is 0. The van der Waals surface area contributed by atoms with Crippen LogP contribution in [0.4, 0.5) is 0 Å². The van der Waals surface area contributed by atoms with Gasteiger partial charge in [-0.2, -0.15) is 0 Å². The molecule has 1 aromatic carbocycles. The van der Waals surface area contributed by atoms with Gasteiger partial charge in [-0.1, -0.05) is 54.8 Å². The Morgan fingerprint density at radius 2 is 1.90 bits per heavy atom. The SMILES string of the molecule is O[C@](c1ccccc1)(c1cc(CCl)on1)C1CCCCC1. The average molecular weight is 306 g/mol. The van der Waals surface area contributed by atoms with E-state index in [4.69, 9.17) is 16.1 Å². The number of hydrogen-bond acceptors (Lipinski definition) is 3. The zero-order chi connectivity index (χ0) is 14.7. The lowest BCUT2D eigenvalue weighted by Crippen LogP contribution is -2.38. The normalized spacial score (nSPS) is 19.3. The minimum atomic E-state index is -1.09. The van der Waals surface area contributed by atoms with Crippen LogP contribution in [0.1, 0.15) is 49.1 Å². The van der Waals surface area contributed by atoms with Gasteiger partial charge in [0.1, 0.15) is 11.3 Å². The van der Waals surface area contributed by atoms with Crippen molar-refractivity contribution in [2.75, 3.05) is 0 Å². The molecule has 1 N–H and O–H groups in total. The first-order valence-corrected chi connectivity index (χ1v) is 8.08. The summed E-state index contributed by atoms with van der Waals surface area (Å²) < 4.78 is 5.23. The molecule has 0 bridgehead atoms. The quantitative estimate of drug-likeness (QED) is 0.860. The molecule has 1 aliphatic carbocycles. The van der Waals surface area contributed by atoms with Crippen LogP contribution in [0.25, 0.3) is 0 Å². The number of halogens is 1. The second-order valence-electron chi connectivity index (χ2n) is 5.78. The van der Waals surface area contributed by atoms with Crippen molar-refractivity contribution < 1.29 is 9.63 Å². The molecule has 0 radical (unpaired) electrons. The van der Waals surface area contributed by atoms with E-state index < -0.39 is 5.60 Å². The van der Waals surface area contributed by atoms with Crippen molar-refractivity contribution in [1.29, 1.82) is 0 Å². The monoisotopic (exact) mass is 305 g/mol. The van der Waals surface area contributed by atoms with E-state index in [9.17, 15) is 5.11 Å². The molecule has 0 saturated heterocycles. The van der Waals surface area contributed by atoms with Crippen LogP contribution in [-0.4, -0.2) is 10.3 Å². The second kappa shape index (κ2) is 6.20. The first-order chi connectivity index (χ1) is 10.2. The zero-order valence-corrected chi connectivity index (χ0v) is 12.7. The lowest BCUT2D eigenvalue weighted by Gasteiger charge is -2.37. The minimum Gasteiger partial charge on any atom is -0.378 e. The van der Waals surface area contributed by atoms with Gasteiger partial charge in [0.05, 0.1) is 5.88 Å². The lowest BCUT2D eigenvalue weighted by molar-refractivity contribution is -0.00678. The molecule has 1 fully saturated rings. The van der Waals surface area contributed by atoms with E-state index in [0.29, 0.717) is 11.5 Å². The van der Waals surface area contributed by atoms with Crippen molar-refractivity contribution in [2.24, 2.45) is 5.92 Å². The predicted octanol–water partition coefficient (Wildman–Crippen LogP) is 4.23. The fourth-order valence-electron chi connectivity index (χ4n) is 3.36. The van der Waals surface area contributed by atoms with Crippen molar-refractivity contribution in [3.63, 3.8) is 0 Å². The van der Waals surface area contributed by atoms with Crippen LogP contribution in [0.15, 0.2) is 40.9 Å². The number of rotatable bonds is 4. The summed E-state index contributed by atoms with van der Waals surface area (Å²) >= 11 is 5.81. The van der Waals surface area contributed by atoms with Gasteiger partial charge >= 0.3 is 0 Å². The topological polar surface area (TPSA) is 46.3 Å². The third kappa shape index (κ3) is 2.72. The van der Waals surface area contributed by atoms with Crippen LogP contribution in [0, 0.1) is 5.92 Å². The highest BCUT2D eigenvalue weighted by Gasteiger charge is 2.43. The van der Waals surface area contributed by atoms with Crippen LogP contribution in [-0.2, 0) is 11.5 Å². The Balaban J connectivity index is 2.05. The molecule has 3 rings (SSSR count). The Labute approximate surface area is 129 Å². The summed E-state index contributed by atoms with van der Waals surface area (Å²) in [5.74, 6) is 1.03. The number of aliphatic hydroxyl groups is 1. The highest BCUT2D eigenvalue weighted by atomic mass is 35.5. The molecular weight excluding hydrogens is 286 g/mol. The second-order valence-corrected chi connectivity index (χ2v) is 6.05. The molecule has 1 heterocycles. The van der Waals surface area contributed by atoms with Gasteiger partial charge in [-0.25, -0.2) is 0 Å². The molecule has 0 spiro atoms. The van der Waals surface area contributed by atoms with Crippen LogP contribution >= 0.6 is 11.6 Å². The fraction of sp³-hybridized carbons (Fsp3) is 0.471. The molecule has 2 aromatic rings. The number of alkyl halides is 1.